The number of hydrogen-bond donors (Lipinski definition) is 2. The standard InChI is InChI=1S/C9H16N2O2/c12-9(13)8-3-2-7-6-10-4-1-5-11(7)8/h7-8,10H,1-6H2,(H,12,13). The molecule has 0 spiro atoms. The predicted molar refractivity (Wildman–Crippen MR) is 48.6 cm³/mol. The molecule has 0 aromatic rings. The Morgan fingerprint density at radius 2 is 2.31 bits per heavy atom. The SMILES string of the molecule is O=C(O)C1CCC2CNCCCN21. The molecule has 0 aromatic heterocycles. The van der Waals surface area contributed by atoms with E-state index in [1.807, 2.05) is 0 Å². The minimum Gasteiger partial charge on any atom is -0.480 e. The van der Waals surface area contributed by atoms with Crippen molar-refractivity contribution in [1.82, 2.24) is 10.2 Å². The normalized spacial score (nSPS) is 35.4. The van der Waals surface area contributed by atoms with Crippen molar-refractivity contribution < 1.29 is 9.90 Å². The van der Waals surface area contributed by atoms with Gasteiger partial charge in [0.25, 0.3) is 0 Å². The Hall–Kier alpha value is -0.610. The quantitative estimate of drug-likeness (QED) is 0.597. The third-order valence-electron chi connectivity index (χ3n) is 3.08. The first-order valence-electron chi connectivity index (χ1n) is 4.98. The number of carboxylic acids is 1. The average molecular weight is 184 g/mol. The fourth-order valence-electron chi connectivity index (χ4n) is 2.41. The molecule has 4 heteroatoms. The van der Waals surface area contributed by atoms with E-state index >= 15 is 0 Å². The number of fused-ring (bicyclic) bond motifs is 1. The van der Waals surface area contributed by atoms with Gasteiger partial charge in [0.15, 0.2) is 0 Å². The molecule has 0 aliphatic carbocycles. The summed E-state index contributed by atoms with van der Waals surface area (Å²) in [5.74, 6) is -0.649. The number of nitrogens with one attached hydrogen (secondary N) is 1. The first kappa shape index (κ1) is 8.97. The van der Waals surface area contributed by atoms with E-state index in [-0.39, 0.29) is 6.04 Å². The number of aliphatic carboxylic acids is 1. The van der Waals surface area contributed by atoms with Gasteiger partial charge in [-0.15, -0.1) is 0 Å². The van der Waals surface area contributed by atoms with Gasteiger partial charge in [-0.05, 0) is 25.8 Å². The Bertz CT molecular complexity index is 208. The second kappa shape index (κ2) is 3.64. The van der Waals surface area contributed by atoms with Gasteiger partial charge >= 0.3 is 5.97 Å². The highest BCUT2D eigenvalue weighted by molar-refractivity contribution is 5.73. The lowest BCUT2D eigenvalue weighted by Gasteiger charge is -2.25. The largest absolute Gasteiger partial charge is 0.480 e. The molecule has 2 atom stereocenters. The van der Waals surface area contributed by atoms with Crippen LogP contribution in [-0.4, -0.2) is 47.7 Å². The summed E-state index contributed by atoms with van der Waals surface area (Å²) >= 11 is 0. The zero-order chi connectivity index (χ0) is 9.26. The van der Waals surface area contributed by atoms with Gasteiger partial charge in [-0.25, -0.2) is 0 Å². The third kappa shape index (κ3) is 1.69. The van der Waals surface area contributed by atoms with Gasteiger partial charge in [0, 0.05) is 19.1 Å². The van der Waals surface area contributed by atoms with Crippen LogP contribution < -0.4 is 5.32 Å². The van der Waals surface area contributed by atoms with Gasteiger partial charge in [0.1, 0.15) is 6.04 Å². The third-order valence-corrected chi connectivity index (χ3v) is 3.08. The summed E-state index contributed by atoms with van der Waals surface area (Å²) in [6, 6.07) is 0.244. The minimum absolute atomic E-state index is 0.218. The Morgan fingerprint density at radius 1 is 1.46 bits per heavy atom. The smallest absolute Gasteiger partial charge is 0.320 e. The molecule has 0 radical (unpaired) electrons. The Balaban J connectivity index is 2.06. The molecule has 4 nitrogen and oxygen atoms in total. The summed E-state index contributed by atoms with van der Waals surface area (Å²) in [5, 5.41) is 12.3. The predicted octanol–water partition coefficient (Wildman–Crippen LogP) is -0.103. The van der Waals surface area contributed by atoms with Crippen molar-refractivity contribution in [2.45, 2.75) is 31.3 Å². The summed E-state index contributed by atoms with van der Waals surface area (Å²) in [6.07, 6.45) is 2.92. The number of nitrogens with zero attached hydrogens (tertiary/aromatic N) is 1. The van der Waals surface area contributed by atoms with E-state index in [0.29, 0.717) is 6.04 Å². The van der Waals surface area contributed by atoms with Crippen LogP contribution in [0.5, 0.6) is 0 Å². The van der Waals surface area contributed by atoms with Crippen molar-refractivity contribution in [3.05, 3.63) is 0 Å². The van der Waals surface area contributed by atoms with E-state index < -0.39 is 5.97 Å². The van der Waals surface area contributed by atoms with Crippen molar-refractivity contribution in [2.75, 3.05) is 19.6 Å². The maximum Gasteiger partial charge on any atom is 0.320 e. The monoisotopic (exact) mass is 184 g/mol. The molecule has 2 aliphatic heterocycles. The van der Waals surface area contributed by atoms with Crippen molar-refractivity contribution in [1.29, 1.82) is 0 Å². The van der Waals surface area contributed by atoms with Crippen molar-refractivity contribution >= 4 is 5.97 Å². The maximum atomic E-state index is 10.9. The van der Waals surface area contributed by atoms with Crippen LogP contribution in [0.2, 0.25) is 0 Å². The Labute approximate surface area is 77.9 Å². The first-order valence-corrected chi connectivity index (χ1v) is 4.98. The zero-order valence-electron chi connectivity index (χ0n) is 7.70. The molecule has 2 unspecified atom stereocenters. The zero-order valence-corrected chi connectivity index (χ0v) is 7.70. The lowest BCUT2D eigenvalue weighted by molar-refractivity contribution is -0.142. The van der Waals surface area contributed by atoms with Gasteiger partial charge in [0.05, 0.1) is 0 Å². The topological polar surface area (TPSA) is 52.6 Å². The molecule has 2 fully saturated rings. The second-order valence-corrected chi connectivity index (χ2v) is 3.88. The summed E-state index contributed by atoms with van der Waals surface area (Å²) < 4.78 is 0. The molecule has 0 amide bonds. The van der Waals surface area contributed by atoms with Gasteiger partial charge < -0.3 is 10.4 Å². The van der Waals surface area contributed by atoms with Gasteiger partial charge in [0.2, 0.25) is 0 Å². The van der Waals surface area contributed by atoms with E-state index in [9.17, 15) is 4.79 Å². The highest BCUT2D eigenvalue weighted by Crippen LogP contribution is 2.25. The van der Waals surface area contributed by atoms with E-state index in [2.05, 4.69) is 10.2 Å². The molecule has 2 aliphatic rings. The number of rotatable bonds is 1. The van der Waals surface area contributed by atoms with E-state index in [4.69, 9.17) is 5.11 Å². The van der Waals surface area contributed by atoms with Crippen LogP contribution in [0.15, 0.2) is 0 Å². The van der Waals surface area contributed by atoms with Crippen molar-refractivity contribution in [3.8, 4) is 0 Å². The Morgan fingerprint density at radius 3 is 3.08 bits per heavy atom. The van der Waals surface area contributed by atoms with Crippen LogP contribution in [0.1, 0.15) is 19.3 Å². The molecular formula is C9H16N2O2. The van der Waals surface area contributed by atoms with Crippen LogP contribution in [0.3, 0.4) is 0 Å². The highest BCUT2D eigenvalue weighted by atomic mass is 16.4. The number of hydrogen-bond acceptors (Lipinski definition) is 3. The molecule has 13 heavy (non-hydrogen) atoms. The fourth-order valence-corrected chi connectivity index (χ4v) is 2.41. The minimum atomic E-state index is -0.649. The molecule has 2 saturated heterocycles. The molecule has 0 bridgehead atoms. The fraction of sp³-hybridized carbons (Fsp3) is 0.889. The lowest BCUT2D eigenvalue weighted by Crippen LogP contribution is -2.42. The summed E-state index contributed by atoms with van der Waals surface area (Å²) in [4.78, 5) is 13.1. The molecule has 2 rings (SSSR count). The van der Waals surface area contributed by atoms with Gasteiger partial charge in [-0.3, -0.25) is 9.69 Å². The van der Waals surface area contributed by atoms with Crippen molar-refractivity contribution in [3.63, 3.8) is 0 Å². The summed E-state index contributed by atoms with van der Waals surface area (Å²) in [7, 11) is 0. The molecule has 2 N–H and O–H groups in total. The van der Waals surface area contributed by atoms with Crippen molar-refractivity contribution in [2.24, 2.45) is 0 Å². The van der Waals surface area contributed by atoms with Crippen LogP contribution in [0, 0.1) is 0 Å². The number of carbonyl (C=O) groups is 1. The van der Waals surface area contributed by atoms with E-state index in [0.717, 1.165) is 38.9 Å². The maximum absolute atomic E-state index is 10.9. The first-order chi connectivity index (χ1) is 6.29. The Kier molecular flexibility index (Phi) is 2.51. The summed E-state index contributed by atoms with van der Waals surface area (Å²) in [6.45, 7) is 2.93. The lowest BCUT2D eigenvalue weighted by atomic mass is 10.2. The van der Waals surface area contributed by atoms with Gasteiger partial charge in [-0.1, -0.05) is 0 Å². The molecule has 0 saturated carbocycles. The second-order valence-electron chi connectivity index (χ2n) is 3.88. The van der Waals surface area contributed by atoms with E-state index in [1.54, 1.807) is 0 Å². The molecule has 2 heterocycles. The van der Waals surface area contributed by atoms with Crippen LogP contribution in [0.4, 0.5) is 0 Å². The molecule has 74 valence electrons. The van der Waals surface area contributed by atoms with E-state index in [1.165, 1.54) is 0 Å². The van der Waals surface area contributed by atoms with Crippen LogP contribution in [0.25, 0.3) is 0 Å². The van der Waals surface area contributed by atoms with Crippen LogP contribution in [-0.2, 0) is 4.79 Å². The number of carboxylic acid groups (broad SMARTS) is 1. The summed E-state index contributed by atoms with van der Waals surface area (Å²) in [5.41, 5.74) is 0. The average Bonchev–Trinajstić information content (AvgIpc) is 2.36. The highest BCUT2D eigenvalue weighted by Gasteiger charge is 2.37. The van der Waals surface area contributed by atoms with Crippen LogP contribution >= 0.6 is 0 Å². The van der Waals surface area contributed by atoms with Gasteiger partial charge in [-0.2, -0.15) is 0 Å². The molecule has 0 aromatic carbocycles. The molecular weight excluding hydrogens is 168 g/mol.